The van der Waals surface area contributed by atoms with E-state index in [2.05, 4.69) is 15.6 Å². The molecule has 0 bridgehead atoms. The second-order valence-corrected chi connectivity index (χ2v) is 7.98. The van der Waals surface area contributed by atoms with Gasteiger partial charge in [-0.05, 0) is 36.2 Å². The molecule has 7 heteroatoms. The molecule has 0 radical (unpaired) electrons. The second-order valence-electron chi connectivity index (χ2n) is 5.43. The minimum atomic E-state index is -3.29. The van der Waals surface area contributed by atoms with Gasteiger partial charge in [0.15, 0.2) is 15.8 Å². The quantitative estimate of drug-likeness (QED) is 0.573. The summed E-state index contributed by atoms with van der Waals surface area (Å²) in [5.74, 6) is 0.590. The van der Waals surface area contributed by atoms with Gasteiger partial charge in [0.25, 0.3) is 0 Å². The molecule has 2 rings (SSSR count). The average Bonchev–Trinajstić information content (AvgIpc) is 2.62. The Morgan fingerprint density at radius 2 is 1.64 bits per heavy atom. The highest BCUT2D eigenvalue weighted by Gasteiger charge is 2.13. The van der Waals surface area contributed by atoms with Gasteiger partial charge in [0.05, 0.1) is 10.6 Å². The van der Waals surface area contributed by atoms with Crippen molar-refractivity contribution in [2.75, 3.05) is 25.9 Å². The largest absolute Gasteiger partial charge is 0.356 e. The topological polar surface area (TPSA) is 70.6 Å². The molecule has 2 N–H and O–H groups in total. The van der Waals surface area contributed by atoms with Crippen molar-refractivity contribution in [2.45, 2.75) is 11.3 Å². The number of rotatable bonds is 7. The lowest BCUT2D eigenvalue weighted by Gasteiger charge is -2.12. The highest BCUT2D eigenvalue weighted by Crippen LogP contribution is 2.10. The molecule has 0 unspecified atom stereocenters. The standard InChI is InChI=1S/C18H22ClN3O2S/c1-20-18(21-12-11-15-7-9-16(19)10-8-15)22-13-14-25(23,24)17-5-3-2-4-6-17/h2-10H,11-14H2,1H3,(H2,20,21,22). The summed E-state index contributed by atoms with van der Waals surface area (Å²) in [7, 11) is -1.63. The van der Waals surface area contributed by atoms with Gasteiger partial charge in [-0.15, -0.1) is 0 Å². The van der Waals surface area contributed by atoms with Crippen LogP contribution in [0.4, 0.5) is 0 Å². The van der Waals surface area contributed by atoms with Gasteiger partial charge < -0.3 is 10.6 Å². The van der Waals surface area contributed by atoms with Gasteiger partial charge in [0.2, 0.25) is 0 Å². The van der Waals surface area contributed by atoms with Crippen molar-refractivity contribution in [1.82, 2.24) is 10.6 Å². The Balaban J connectivity index is 1.76. The van der Waals surface area contributed by atoms with Gasteiger partial charge in [-0.1, -0.05) is 41.9 Å². The van der Waals surface area contributed by atoms with Crippen molar-refractivity contribution >= 4 is 27.4 Å². The smallest absolute Gasteiger partial charge is 0.191 e. The molecule has 134 valence electrons. The van der Waals surface area contributed by atoms with E-state index in [4.69, 9.17) is 11.6 Å². The summed E-state index contributed by atoms with van der Waals surface area (Å²) in [5.41, 5.74) is 1.17. The van der Waals surface area contributed by atoms with Crippen molar-refractivity contribution in [3.05, 3.63) is 65.2 Å². The van der Waals surface area contributed by atoms with Crippen LogP contribution in [-0.2, 0) is 16.3 Å². The molecule has 0 fully saturated rings. The number of nitrogens with zero attached hydrogens (tertiary/aromatic N) is 1. The zero-order valence-electron chi connectivity index (χ0n) is 14.1. The SMILES string of the molecule is CN=C(NCCc1ccc(Cl)cc1)NCCS(=O)(=O)c1ccccc1. The number of aliphatic imine (C=N–C) groups is 1. The molecular weight excluding hydrogens is 358 g/mol. The first-order valence-corrected chi connectivity index (χ1v) is 10.0. The third-order valence-corrected chi connectivity index (χ3v) is 5.59. The lowest BCUT2D eigenvalue weighted by Crippen LogP contribution is -2.40. The van der Waals surface area contributed by atoms with E-state index in [0.29, 0.717) is 22.4 Å². The number of hydrogen-bond donors (Lipinski definition) is 2. The number of benzene rings is 2. The van der Waals surface area contributed by atoms with Crippen molar-refractivity contribution in [3.63, 3.8) is 0 Å². The Morgan fingerprint density at radius 3 is 2.28 bits per heavy atom. The molecule has 0 aromatic heterocycles. The van der Waals surface area contributed by atoms with Crippen molar-refractivity contribution in [3.8, 4) is 0 Å². The summed E-state index contributed by atoms with van der Waals surface area (Å²) in [5, 5.41) is 6.92. The molecule has 0 heterocycles. The third-order valence-electron chi connectivity index (χ3n) is 3.61. The second kappa shape index (κ2) is 9.44. The molecule has 0 saturated heterocycles. The summed E-state index contributed by atoms with van der Waals surface area (Å²) < 4.78 is 24.4. The normalized spacial score (nSPS) is 12.0. The molecule has 25 heavy (non-hydrogen) atoms. The number of nitrogens with one attached hydrogen (secondary N) is 2. The third kappa shape index (κ3) is 6.40. The summed E-state index contributed by atoms with van der Waals surface area (Å²) in [6.45, 7) is 0.977. The van der Waals surface area contributed by atoms with Gasteiger partial charge in [0.1, 0.15) is 0 Å². The molecule has 0 aliphatic heterocycles. The van der Waals surface area contributed by atoms with Crippen LogP contribution in [0.25, 0.3) is 0 Å². The zero-order chi connectivity index (χ0) is 18.1. The summed E-state index contributed by atoms with van der Waals surface area (Å²) in [6.07, 6.45) is 0.820. The Kier molecular flexibility index (Phi) is 7.28. The Labute approximate surface area is 154 Å². The van der Waals surface area contributed by atoms with Crippen molar-refractivity contribution < 1.29 is 8.42 Å². The molecule has 0 aliphatic carbocycles. The van der Waals surface area contributed by atoms with Crippen LogP contribution in [0.5, 0.6) is 0 Å². The number of sulfone groups is 1. The fourth-order valence-corrected chi connectivity index (χ4v) is 3.55. The van der Waals surface area contributed by atoms with Crippen LogP contribution in [0.3, 0.4) is 0 Å². The van der Waals surface area contributed by atoms with E-state index in [-0.39, 0.29) is 12.3 Å². The monoisotopic (exact) mass is 379 g/mol. The lowest BCUT2D eigenvalue weighted by atomic mass is 10.1. The maximum absolute atomic E-state index is 12.2. The maximum atomic E-state index is 12.2. The lowest BCUT2D eigenvalue weighted by molar-refractivity contribution is 0.594. The maximum Gasteiger partial charge on any atom is 0.191 e. The van der Waals surface area contributed by atoms with Crippen LogP contribution in [-0.4, -0.2) is 40.3 Å². The van der Waals surface area contributed by atoms with E-state index in [1.54, 1.807) is 37.4 Å². The van der Waals surface area contributed by atoms with E-state index in [0.717, 1.165) is 6.42 Å². The number of halogens is 1. The van der Waals surface area contributed by atoms with E-state index in [1.165, 1.54) is 5.56 Å². The Hall–Kier alpha value is -2.05. The van der Waals surface area contributed by atoms with Gasteiger partial charge in [0, 0.05) is 25.2 Å². The Bertz CT molecular complexity index is 791. The predicted octanol–water partition coefficient (Wildman–Crippen LogP) is 2.52. The van der Waals surface area contributed by atoms with Crippen LogP contribution < -0.4 is 10.6 Å². The van der Waals surface area contributed by atoms with Crippen LogP contribution in [0.1, 0.15) is 5.56 Å². The summed E-state index contributed by atoms with van der Waals surface area (Å²) in [6, 6.07) is 16.1. The van der Waals surface area contributed by atoms with E-state index >= 15 is 0 Å². The summed E-state index contributed by atoms with van der Waals surface area (Å²) >= 11 is 5.86. The molecule has 2 aromatic rings. The highest BCUT2D eigenvalue weighted by atomic mass is 35.5. The van der Waals surface area contributed by atoms with Crippen LogP contribution >= 0.6 is 11.6 Å². The molecule has 0 saturated carbocycles. The fraction of sp³-hybridized carbons (Fsp3) is 0.278. The number of hydrogen-bond acceptors (Lipinski definition) is 3. The zero-order valence-corrected chi connectivity index (χ0v) is 15.6. The van der Waals surface area contributed by atoms with Crippen LogP contribution in [0.15, 0.2) is 64.5 Å². The predicted molar refractivity (Wildman–Crippen MR) is 103 cm³/mol. The number of guanidine groups is 1. The fourth-order valence-electron chi connectivity index (χ4n) is 2.25. The minimum absolute atomic E-state index is 0.00883. The molecule has 0 spiro atoms. The first-order chi connectivity index (χ1) is 12.0. The average molecular weight is 380 g/mol. The van der Waals surface area contributed by atoms with Gasteiger partial charge in [-0.3, -0.25) is 4.99 Å². The van der Waals surface area contributed by atoms with Crippen molar-refractivity contribution in [1.29, 1.82) is 0 Å². The first-order valence-electron chi connectivity index (χ1n) is 7.98. The van der Waals surface area contributed by atoms with E-state index in [1.807, 2.05) is 24.3 Å². The molecule has 2 aromatic carbocycles. The summed E-state index contributed by atoms with van der Waals surface area (Å²) in [4.78, 5) is 4.44. The first kappa shape index (κ1) is 19.3. The molecule has 0 aliphatic rings. The van der Waals surface area contributed by atoms with E-state index in [9.17, 15) is 8.42 Å². The van der Waals surface area contributed by atoms with Crippen LogP contribution in [0.2, 0.25) is 5.02 Å². The molecule has 0 amide bonds. The van der Waals surface area contributed by atoms with Crippen LogP contribution in [0, 0.1) is 0 Å². The molecule has 0 atom stereocenters. The molecular formula is C18H22ClN3O2S. The minimum Gasteiger partial charge on any atom is -0.356 e. The van der Waals surface area contributed by atoms with Gasteiger partial charge in [-0.25, -0.2) is 8.42 Å². The van der Waals surface area contributed by atoms with Gasteiger partial charge >= 0.3 is 0 Å². The van der Waals surface area contributed by atoms with Crippen molar-refractivity contribution in [2.24, 2.45) is 4.99 Å². The van der Waals surface area contributed by atoms with Gasteiger partial charge in [-0.2, -0.15) is 0 Å². The Morgan fingerprint density at radius 1 is 1.00 bits per heavy atom. The van der Waals surface area contributed by atoms with E-state index < -0.39 is 9.84 Å². The molecule has 5 nitrogen and oxygen atoms in total. The highest BCUT2D eigenvalue weighted by molar-refractivity contribution is 7.91.